The Hall–Kier alpha value is -1.77. The maximum Gasteiger partial charge on any atom is 0.138 e. The summed E-state index contributed by atoms with van der Waals surface area (Å²) in [5.74, 6) is 0.798. The maximum absolute atomic E-state index is 6.16. The molecule has 1 heterocycles. The zero-order chi connectivity index (χ0) is 13.4. The van der Waals surface area contributed by atoms with Crippen LogP contribution in [0.1, 0.15) is 11.3 Å². The molecule has 19 heavy (non-hydrogen) atoms. The number of rotatable bonds is 2. The number of aryl methyl sites for hydroxylation is 1. The van der Waals surface area contributed by atoms with Gasteiger partial charge in [0.05, 0.1) is 6.54 Å². The van der Waals surface area contributed by atoms with E-state index in [0.717, 1.165) is 33.4 Å². The molecule has 3 rings (SSSR count). The van der Waals surface area contributed by atoms with Gasteiger partial charge in [0, 0.05) is 16.0 Å². The van der Waals surface area contributed by atoms with Gasteiger partial charge in [0.15, 0.2) is 0 Å². The summed E-state index contributed by atoms with van der Waals surface area (Å²) < 4.78 is 5.90. The highest BCUT2D eigenvalue weighted by molar-refractivity contribution is 6.31. The van der Waals surface area contributed by atoms with Gasteiger partial charge in [0.25, 0.3) is 0 Å². The first-order valence-corrected chi connectivity index (χ1v) is 6.55. The van der Waals surface area contributed by atoms with Gasteiger partial charge in [-0.2, -0.15) is 0 Å². The predicted octanol–water partition coefficient (Wildman–Crippen LogP) is 4.52. The third-order valence-electron chi connectivity index (χ3n) is 3.26. The van der Waals surface area contributed by atoms with Crippen molar-refractivity contribution in [1.82, 2.24) is 0 Å². The summed E-state index contributed by atoms with van der Waals surface area (Å²) in [4.78, 5) is 0. The molecular weight excluding hydrogens is 258 g/mol. The van der Waals surface area contributed by atoms with Crippen molar-refractivity contribution in [2.24, 2.45) is 5.73 Å². The maximum atomic E-state index is 6.16. The fourth-order valence-corrected chi connectivity index (χ4v) is 2.71. The SMILES string of the molecule is Cc1cc(Cl)cc2c(-c3ccccc3)c(CN)oc12. The average Bonchev–Trinajstić information content (AvgIpc) is 2.78. The van der Waals surface area contributed by atoms with Gasteiger partial charge in [-0.3, -0.25) is 0 Å². The van der Waals surface area contributed by atoms with Crippen LogP contribution in [0.25, 0.3) is 22.1 Å². The molecule has 0 fully saturated rings. The largest absolute Gasteiger partial charge is 0.459 e. The third kappa shape index (κ3) is 2.03. The lowest BCUT2D eigenvalue weighted by atomic mass is 10.0. The van der Waals surface area contributed by atoms with Crippen LogP contribution in [0.15, 0.2) is 46.9 Å². The number of benzene rings is 2. The highest BCUT2D eigenvalue weighted by Crippen LogP contribution is 2.37. The summed E-state index contributed by atoms with van der Waals surface area (Å²) >= 11 is 6.16. The van der Waals surface area contributed by atoms with Gasteiger partial charge in [-0.05, 0) is 30.2 Å². The fraction of sp³-hybridized carbons (Fsp3) is 0.125. The van der Waals surface area contributed by atoms with E-state index in [1.165, 1.54) is 0 Å². The topological polar surface area (TPSA) is 39.2 Å². The van der Waals surface area contributed by atoms with Crippen LogP contribution in [0.2, 0.25) is 5.02 Å². The molecule has 2 N–H and O–H groups in total. The summed E-state index contributed by atoms with van der Waals surface area (Å²) in [5, 5.41) is 1.74. The molecule has 0 saturated carbocycles. The van der Waals surface area contributed by atoms with Crippen LogP contribution in [0.4, 0.5) is 0 Å². The molecule has 0 aliphatic heterocycles. The first kappa shape index (κ1) is 12.3. The van der Waals surface area contributed by atoms with Gasteiger partial charge in [-0.25, -0.2) is 0 Å². The lowest BCUT2D eigenvalue weighted by Crippen LogP contribution is -1.95. The molecule has 0 saturated heterocycles. The second kappa shape index (κ2) is 4.72. The number of hydrogen-bond acceptors (Lipinski definition) is 2. The number of halogens is 1. The van der Waals surface area contributed by atoms with Crippen molar-refractivity contribution in [3.63, 3.8) is 0 Å². The standard InChI is InChI=1S/C16H14ClNO/c1-10-7-12(17)8-13-15(11-5-3-2-4-6-11)14(9-18)19-16(10)13/h2-8H,9,18H2,1H3. The van der Waals surface area contributed by atoms with E-state index in [1.54, 1.807) is 0 Å². The van der Waals surface area contributed by atoms with E-state index in [4.69, 9.17) is 21.8 Å². The van der Waals surface area contributed by atoms with E-state index < -0.39 is 0 Å². The molecule has 3 aromatic rings. The first-order chi connectivity index (χ1) is 9.20. The molecule has 0 radical (unpaired) electrons. The minimum Gasteiger partial charge on any atom is -0.459 e. The Kier molecular flexibility index (Phi) is 3.05. The molecule has 96 valence electrons. The van der Waals surface area contributed by atoms with Crippen LogP contribution in [0, 0.1) is 6.92 Å². The second-order valence-electron chi connectivity index (χ2n) is 4.57. The Balaban J connectivity index is 2.39. The molecule has 0 spiro atoms. The molecular formula is C16H14ClNO. The number of fused-ring (bicyclic) bond motifs is 1. The Labute approximate surface area is 116 Å². The van der Waals surface area contributed by atoms with Crippen molar-refractivity contribution in [3.05, 3.63) is 58.8 Å². The van der Waals surface area contributed by atoms with Crippen molar-refractivity contribution in [3.8, 4) is 11.1 Å². The van der Waals surface area contributed by atoms with Crippen molar-refractivity contribution < 1.29 is 4.42 Å². The minimum absolute atomic E-state index is 0.371. The zero-order valence-electron chi connectivity index (χ0n) is 10.6. The summed E-state index contributed by atoms with van der Waals surface area (Å²) in [5.41, 5.74) is 9.85. The fourth-order valence-electron chi connectivity index (χ4n) is 2.44. The first-order valence-electron chi connectivity index (χ1n) is 6.17. The number of hydrogen-bond donors (Lipinski definition) is 1. The van der Waals surface area contributed by atoms with Crippen molar-refractivity contribution in [2.75, 3.05) is 0 Å². The van der Waals surface area contributed by atoms with Crippen molar-refractivity contribution >= 4 is 22.6 Å². The molecule has 0 bridgehead atoms. The predicted molar refractivity (Wildman–Crippen MR) is 79.3 cm³/mol. The molecule has 0 amide bonds. The molecule has 1 aromatic heterocycles. The Bertz CT molecular complexity index is 731. The van der Waals surface area contributed by atoms with Gasteiger partial charge < -0.3 is 10.2 Å². The van der Waals surface area contributed by atoms with Gasteiger partial charge in [-0.1, -0.05) is 41.9 Å². The van der Waals surface area contributed by atoms with Gasteiger partial charge in [0.1, 0.15) is 11.3 Å². The molecule has 2 aromatic carbocycles. The lowest BCUT2D eigenvalue weighted by molar-refractivity contribution is 0.552. The Morgan fingerprint density at radius 1 is 1.16 bits per heavy atom. The summed E-state index contributed by atoms with van der Waals surface area (Å²) in [6.07, 6.45) is 0. The molecule has 0 atom stereocenters. The number of nitrogens with two attached hydrogens (primary N) is 1. The van der Waals surface area contributed by atoms with E-state index in [-0.39, 0.29) is 0 Å². The summed E-state index contributed by atoms with van der Waals surface area (Å²) in [6.45, 7) is 2.36. The van der Waals surface area contributed by atoms with E-state index in [1.807, 2.05) is 37.3 Å². The highest BCUT2D eigenvalue weighted by atomic mass is 35.5. The monoisotopic (exact) mass is 271 g/mol. The van der Waals surface area contributed by atoms with Crippen LogP contribution >= 0.6 is 11.6 Å². The van der Waals surface area contributed by atoms with E-state index >= 15 is 0 Å². The quantitative estimate of drug-likeness (QED) is 0.744. The lowest BCUT2D eigenvalue weighted by Gasteiger charge is -2.02. The second-order valence-corrected chi connectivity index (χ2v) is 5.01. The highest BCUT2D eigenvalue weighted by Gasteiger charge is 2.16. The summed E-state index contributed by atoms with van der Waals surface area (Å²) in [6, 6.07) is 14.0. The van der Waals surface area contributed by atoms with Crippen LogP contribution in [0.5, 0.6) is 0 Å². The van der Waals surface area contributed by atoms with Crippen LogP contribution in [-0.4, -0.2) is 0 Å². The zero-order valence-corrected chi connectivity index (χ0v) is 11.4. The van der Waals surface area contributed by atoms with Crippen molar-refractivity contribution in [1.29, 1.82) is 0 Å². The van der Waals surface area contributed by atoms with E-state index in [9.17, 15) is 0 Å². The van der Waals surface area contributed by atoms with Gasteiger partial charge >= 0.3 is 0 Å². The smallest absolute Gasteiger partial charge is 0.138 e. The Morgan fingerprint density at radius 2 is 1.89 bits per heavy atom. The normalized spacial score (nSPS) is 11.1. The molecule has 3 heteroatoms. The molecule has 0 unspecified atom stereocenters. The van der Waals surface area contributed by atoms with Crippen LogP contribution < -0.4 is 5.73 Å². The Morgan fingerprint density at radius 3 is 2.58 bits per heavy atom. The molecule has 0 aliphatic rings. The van der Waals surface area contributed by atoms with Gasteiger partial charge in [0.2, 0.25) is 0 Å². The van der Waals surface area contributed by atoms with E-state index in [2.05, 4.69) is 12.1 Å². The minimum atomic E-state index is 0.371. The van der Waals surface area contributed by atoms with Crippen LogP contribution in [0.3, 0.4) is 0 Å². The number of furan rings is 1. The molecule has 0 aliphatic carbocycles. The molecule has 2 nitrogen and oxygen atoms in total. The average molecular weight is 272 g/mol. The summed E-state index contributed by atoms with van der Waals surface area (Å²) in [7, 11) is 0. The van der Waals surface area contributed by atoms with E-state index in [0.29, 0.717) is 11.6 Å². The van der Waals surface area contributed by atoms with Gasteiger partial charge in [-0.15, -0.1) is 0 Å². The van der Waals surface area contributed by atoms with Crippen LogP contribution in [-0.2, 0) is 6.54 Å². The third-order valence-corrected chi connectivity index (χ3v) is 3.48. The van der Waals surface area contributed by atoms with Crippen molar-refractivity contribution in [2.45, 2.75) is 13.5 Å².